The van der Waals surface area contributed by atoms with Gasteiger partial charge in [-0.1, -0.05) is 39.7 Å². The average Bonchev–Trinajstić information content (AvgIpc) is 3.12. The van der Waals surface area contributed by atoms with Gasteiger partial charge in [0.05, 0.1) is 24.4 Å². The van der Waals surface area contributed by atoms with E-state index in [0.29, 0.717) is 5.57 Å². The molecule has 11 heteroatoms. The maximum atomic E-state index is 13.6. The number of hydrogen-bond donors (Lipinski definition) is 1. The number of likely N-dealkylation sites (tertiary alicyclic amines) is 2. The molecule has 2 heterocycles. The molecule has 6 unspecified atom stereocenters. The molecule has 0 bridgehead atoms. The second kappa shape index (κ2) is 7.70. The highest BCUT2D eigenvalue weighted by Crippen LogP contribution is 2.66. The fourth-order valence-electron chi connectivity index (χ4n) is 6.19. The van der Waals surface area contributed by atoms with E-state index in [1.165, 1.54) is 14.2 Å². The molecule has 6 atom stereocenters. The number of para-hydroxylation sites is 1. The Kier molecular flexibility index (Phi) is 5.35. The average molecular weight is 572 g/mol. The number of fused-ring (bicyclic) bond motifs is 4. The third-order valence-corrected chi connectivity index (χ3v) is 9.71. The summed E-state index contributed by atoms with van der Waals surface area (Å²) in [6.07, 6.45) is 2.00. The molecule has 0 aromatic heterocycles. The standard InChI is InChI=1S/C23H21BrCl2N2O6/c1-27-18(30)11-7-6-10-13(15(11)19(27)31)8-22(25)20(32)28(9-24)21(33)23(22,26)16(10)12-4-3-5-14(34-2)17(12)29/h3-6,11,13,15-16,29H,7-9H2,1-2H3. The van der Waals surface area contributed by atoms with Crippen LogP contribution < -0.4 is 4.74 Å². The monoisotopic (exact) mass is 570 g/mol. The molecular weight excluding hydrogens is 551 g/mol. The number of hydrogen-bond acceptors (Lipinski definition) is 6. The smallest absolute Gasteiger partial charge is 0.254 e. The van der Waals surface area contributed by atoms with Gasteiger partial charge in [-0.2, -0.15) is 0 Å². The first-order valence-corrected chi connectivity index (χ1v) is 12.6. The summed E-state index contributed by atoms with van der Waals surface area (Å²) in [5.74, 6) is -5.03. The van der Waals surface area contributed by atoms with Crippen molar-refractivity contribution in [3.63, 3.8) is 0 Å². The number of imide groups is 2. The van der Waals surface area contributed by atoms with Crippen molar-refractivity contribution in [1.82, 2.24) is 9.80 Å². The van der Waals surface area contributed by atoms with Crippen molar-refractivity contribution in [1.29, 1.82) is 0 Å². The van der Waals surface area contributed by atoms with Crippen LogP contribution in [0.4, 0.5) is 0 Å². The van der Waals surface area contributed by atoms with E-state index >= 15 is 0 Å². The van der Waals surface area contributed by atoms with Gasteiger partial charge in [0.25, 0.3) is 11.8 Å². The van der Waals surface area contributed by atoms with Crippen LogP contribution in [-0.4, -0.2) is 67.9 Å². The molecule has 180 valence electrons. The number of rotatable bonds is 3. The summed E-state index contributed by atoms with van der Waals surface area (Å²) >= 11 is 17.3. The molecule has 1 aromatic rings. The number of alkyl halides is 3. The number of benzene rings is 1. The summed E-state index contributed by atoms with van der Waals surface area (Å²) in [6, 6.07) is 4.79. The van der Waals surface area contributed by atoms with E-state index in [2.05, 4.69) is 15.9 Å². The Hall–Kier alpha value is -2.10. The van der Waals surface area contributed by atoms with Crippen molar-refractivity contribution in [3.8, 4) is 11.5 Å². The van der Waals surface area contributed by atoms with Crippen molar-refractivity contribution in [2.24, 2.45) is 17.8 Å². The molecule has 2 aliphatic heterocycles. The van der Waals surface area contributed by atoms with Crippen LogP contribution in [0.25, 0.3) is 0 Å². The number of methoxy groups -OCH3 is 1. The topological polar surface area (TPSA) is 104 Å². The van der Waals surface area contributed by atoms with Gasteiger partial charge in [0, 0.05) is 18.5 Å². The van der Waals surface area contributed by atoms with Gasteiger partial charge in [-0.25, -0.2) is 0 Å². The highest BCUT2D eigenvalue weighted by Gasteiger charge is 2.76. The number of ether oxygens (including phenoxy) is 1. The molecule has 0 radical (unpaired) electrons. The number of aromatic hydroxyl groups is 1. The number of halogens is 3. The third-order valence-electron chi connectivity index (χ3n) is 7.80. The predicted molar refractivity (Wildman–Crippen MR) is 126 cm³/mol. The maximum absolute atomic E-state index is 13.6. The van der Waals surface area contributed by atoms with E-state index in [1.54, 1.807) is 18.2 Å². The van der Waals surface area contributed by atoms with E-state index in [1.807, 2.05) is 6.08 Å². The number of carbonyl (C=O) groups is 4. The predicted octanol–water partition coefficient (Wildman–Crippen LogP) is 2.74. The third kappa shape index (κ3) is 2.66. The van der Waals surface area contributed by atoms with E-state index in [-0.39, 0.29) is 47.2 Å². The Balaban J connectivity index is 1.78. The van der Waals surface area contributed by atoms with Crippen LogP contribution in [0.1, 0.15) is 24.3 Å². The minimum absolute atomic E-state index is 0.0901. The number of carbonyl (C=O) groups excluding carboxylic acids is 4. The quantitative estimate of drug-likeness (QED) is 0.259. The molecule has 5 rings (SSSR count). The summed E-state index contributed by atoms with van der Waals surface area (Å²) < 4.78 is 5.27. The van der Waals surface area contributed by atoms with Crippen molar-refractivity contribution < 1.29 is 29.0 Å². The molecule has 0 spiro atoms. The molecule has 1 aromatic carbocycles. The van der Waals surface area contributed by atoms with Crippen LogP contribution >= 0.6 is 39.1 Å². The summed E-state index contributed by atoms with van der Waals surface area (Å²) in [4.78, 5) is 51.1. The van der Waals surface area contributed by atoms with E-state index in [0.717, 1.165) is 9.80 Å². The molecule has 8 nitrogen and oxygen atoms in total. The Morgan fingerprint density at radius 2 is 1.85 bits per heavy atom. The van der Waals surface area contributed by atoms with Gasteiger partial charge in [-0.15, -0.1) is 23.2 Å². The first-order chi connectivity index (χ1) is 16.0. The van der Waals surface area contributed by atoms with Gasteiger partial charge in [-0.3, -0.25) is 29.0 Å². The molecule has 2 aliphatic carbocycles. The lowest BCUT2D eigenvalue weighted by Gasteiger charge is -2.50. The lowest BCUT2D eigenvalue weighted by Crippen LogP contribution is -2.60. The van der Waals surface area contributed by atoms with Gasteiger partial charge in [-0.05, 0) is 24.8 Å². The number of nitrogens with zero attached hydrogens (tertiary/aromatic N) is 2. The lowest BCUT2D eigenvalue weighted by molar-refractivity contribution is -0.140. The minimum Gasteiger partial charge on any atom is -0.504 e. The zero-order valence-electron chi connectivity index (χ0n) is 18.3. The highest BCUT2D eigenvalue weighted by atomic mass is 79.9. The van der Waals surface area contributed by atoms with Crippen LogP contribution in [0.3, 0.4) is 0 Å². The number of phenolic OH excluding ortho intramolecular Hbond substituents is 1. The lowest BCUT2D eigenvalue weighted by atomic mass is 9.56. The minimum atomic E-state index is -1.96. The summed E-state index contributed by atoms with van der Waals surface area (Å²) in [5.41, 5.74) is 0.766. The van der Waals surface area contributed by atoms with Crippen LogP contribution in [0.5, 0.6) is 11.5 Å². The summed E-state index contributed by atoms with van der Waals surface area (Å²) in [7, 11) is 2.83. The maximum Gasteiger partial charge on any atom is 0.254 e. The van der Waals surface area contributed by atoms with Gasteiger partial charge >= 0.3 is 0 Å². The molecule has 1 saturated carbocycles. The molecular formula is C23H21BrCl2N2O6. The molecule has 4 amide bonds. The van der Waals surface area contributed by atoms with E-state index < -0.39 is 45.2 Å². The zero-order valence-corrected chi connectivity index (χ0v) is 21.4. The fourth-order valence-corrected chi connectivity index (χ4v) is 7.61. The van der Waals surface area contributed by atoms with Gasteiger partial charge in [0.1, 0.15) is 0 Å². The van der Waals surface area contributed by atoms with Gasteiger partial charge in [0.2, 0.25) is 11.8 Å². The first-order valence-electron chi connectivity index (χ1n) is 10.7. The van der Waals surface area contributed by atoms with Crippen molar-refractivity contribution >= 4 is 62.8 Å². The van der Waals surface area contributed by atoms with Gasteiger partial charge in [0.15, 0.2) is 21.2 Å². The fraction of sp³-hybridized carbons (Fsp3) is 0.478. The number of allylic oxidation sites excluding steroid dienone is 2. The van der Waals surface area contributed by atoms with E-state index in [4.69, 9.17) is 27.9 Å². The second-order valence-electron chi connectivity index (χ2n) is 9.12. The van der Waals surface area contributed by atoms with Gasteiger partial charge < -0.3 is 9.84 Å². The first kappa shape index (κ1) is 23.6. The molecule has 1 N–H and O–H groups in total. The largest absolute Gasteiger partial charge is 0.504 e. The summed E-state index contributed by atoms with van der Waals surface area (Å²) in [5, 5.41) is 11.0. The Labute approximate surface area is 213 Å². The highest BCUT2D eigenvalue weighted by molar-refractivity contribution is 9.09. The number of phenols is 1. The van der Waals surface area contributed by atoms with Crippen molar-refractivity contribution in [3.05, 3.63) is 35.4 Å². The van der Waals surface area contributed by atoms with Crippen LogP contribution in [0.2, 0.25) is 0 Å². The normalized spacial score (nSPS) is 36.9. The summed E-state index contributed by atoms with van der Waals surface area (Å²) in [6.45, 7) is 0. The van der Waals surface area contributed by atoms with Crippen molar-refractivity contribution in [2.75, 3.05) is 19.6 Å². The van der Waals surface area contributed by atoms with E-state index in [9.17, 15) is 24.3 Å². The van der Waals surface area contributed by atoms with Crippen LogP contribution in [0, 0.1) is 17.8 Å². The molecule has 4 aliphatic rings. The number of amides is 4. The second-order valence-corrected chi connectivity index (χ2v) is 10.9. The van der Waals surface area contributed by atoms with Crippen LogP contribution in [0.15, 0.2) is 29.8 Å². The molecule has 2 saturated heterocycles. The zero-order chi connectivity index (χ0) is 24.7. The Bertz CT molecular complexity index is 1190. The SMILES string of the molecule is COc1cccc(C2C3=CCC4C(=O)N(C)C(=O)C4C3CC3(Cl)C(=O)N(CBr)C(=O)C23Cl)c1O. The van der Waals surface area contributed by atoms with Crippen LogP contribution in [-0.2, 0) is 19.2 Å². The molecule has 34 heavy (non-hydrogen) atoms. The molecule has 3 fully saturated rings. The Morgan fingerprint density at radius 1 is 1.15 bits per heavy atom. The van der Waals surface area contributed by atoms with Crippen molar-refractivity contribution in [2.45, 2.75) is 28.5 Å². The Morgan fingerprint density at radius 3 is 2.50 bits per heavy atom.